The van der Waals surface area contributed by atoms with Crippen LogP contribution in [0.1, 0.15) is 12.8 Å². The maximum Gasteiger partial charge on any atom is 0.233 e. The first kappa shape index (κ1) is 13.8. The molecule has 1 saturated heterocycles. The fraction of sp³-hybridized carbons (Fsp3) is 0.545. The van der Waals surface area contributed by atoms with Crippen LogP contribution < -0.4 is 10.0 Å². The standard InChI is InChI=1S/C11H16BrN3O2S/c12-10-4-11(7-14-6-10)15-18(16,17)8-9-2-1-3-13-5-9/h4,6-7,9,13,15H,1-3,5,8H2. The summed E-state index contributed by atoms with van der Waals surface area (Å²) in [6.45, 7) is 1.76. The monoisotopic (exact) mass is 333 g/mol. The smallest absolute Gasteiger partial charge is 0.233 e. The molecule has 2 N–H and O–H groups in total. The van der Waals surface area contributed by atoms with Crippen molar-refractivity contribution in [2.45, 2.75) is 12.8 Å². The number of aromatic nitrogens is 1. The Morgan fingerprint density at radius 3 is 3.00 bits per heavy atom. The molecule has 0 bridgehead atoms. The normalized spacial score (nSPS) is 20.6. The molecule has 0 aromatic carbocycles. The predicted molar refractivity (Wildman–Crippen MR) is 74.9 cm³/mol. The van der Waals surface area contributed by atoms with Gasteiger partial charge in [0.1, 0.15) is 0 Å². The largest absolute Gasteiger partial charge is 0.316 e. The van der Waals surface area contributed by atoms with Gasteiger partial charge in [-0.3, -0.25) is 9.71 Å². The Morgan fingerprint density at radius 2 is 2.33 bits per heavy atom. The van der Waals surface area contributed by atoms with Crippen molar-refractivity contribution >= 4 is 31.6 Å². The van der Waals surface area contributed by atoms with E-state index in [9.17, 15) is 8.42 Å². The third-order valence-electron chi connectivity index (χ3n) is 2.83. The minimum atomic E-state index is -3.30. The van der Waals surface area contributed by atoms with Crippen LogP contribution in [0.3, 0.4) is 0 Å². The molecule has 7 heteroatoms. The van der Waals surface area contributed by atoms with Gasteiger partial charge in [-0.15, -0.1) is 0 Å². The Labute approximate surface area is 116 Å². The zero-order valence-corrected chi connectivity index (χ0v) is 12.3. The van der Waals surface area contributed by atoms with Gasteiger partial charge < -0.3 is 5.32 Å². The lowest BCUT2D eigenvalue weighted by Crippen LogP contribution is -2.35. The van der Waals surface area contributed by atoms with Gasteiger partial charge >= 0.3 is 0 Å². The highest BCUT2D eigenvalue weighted by Crippen LogP contribution is 2.17. The van der Waals surface area contributed by atoms with Gasteiger partial charge in [-0.05, 0) is 53.8 Å². The van der Waals surface area contributed by atoms with Gasteiger partial charge in [0.2, 0.25) is 10.0 Å². The van der Waals surface area contributed by atoms with E-state index < -0.39 is 10.0 Å². The van der Waals surface area contributed by atoms with Crippen LogP contribution >= 0.6 is 15.9 Å². The number of hydrogen-bond acceptors (Lipinski definition) is 4. The summed E-state index contributed by atoms with van der Waals surface area (Å²) in [5.74, 6) is 0.350. The molecule has 1 aliphatic heterocycles. The SMILES string of the molecule is O=S(=O)(CC1CCCNC1)Nc1cncc(Br)c1. The van der Waals surface area contributed by atoms with E-state index in [0.29, 0.717) is 5.69 Å². The van der Waals surface area contributed by atoms with Crippen LogP contribution in [0.4, 0.5) is 5.69 Å². The molecule has 2 heterocycles. The van der Waals surface area contributed by atoms with Gasteiger partial charge in [0.25, 0.3) is 0 Å². The van der Waals surface area contributed by atoms with Crippen LogP contribution in [0, 0.1) is 5.92 Å². The highest BCUT2D eigenvalue weighted by Gasteiger charge is 2.21. The van der Waals surface area contributed by atoms with Crippen molar-refractivity contribution in [2.24, 2.45) is 5.92 Å². The van der Waals surface area contributed by atoms with Crippen molar-refractivity contribution in [1.29, 1.82) is 0 Å². The van der Waals surface area contributed by atoms with Crippen LogP contribution in [0.15, 0.2) is 22.9 Å². The lowest BCUT2D eigenvalue weighted by Gasteiger charge is -2.22. The van der Waals surface area contributed by atoms with Crippen molar-refractivity contribution < 1.29 is 8.42 Å². The Morgan fingerprint density at radius 1 is 1.50 bits per heavy atom. The Hall–Kier alpha value is -0.660. The van der Waals surface area contributed by atoms with E-state index in [-0.39, 0.29) is 11.7 Å². The van der Waals surface area contributed by atoms with E-state index >= 15 is 0 Å². The minimum absolute atomic E-state index is 0.159. The van der Waals surface area contributed by atoms with Crippen LogP contribution in [-0.4, -0.2) is 32.2 Å². The quantitative estimate of drug-likeness (QED) is 0.877. The number of nitrogens with zero attached hydrogens (tertiary/aromatic N) is 1. The number of pyridine rings is 1. The maximum atomic E-state index is 12.0. The van der Waals surface area contributed by atoms with Crippen molar-refractivity contribution in [3.63, 3.8) is 0 Å². The van der Waals surface area contributed by atoms with Gasteiger partial charge in [0, 0.05) is 10.7 Å². The average molecular weight is 334 g/mol. The molecule has 0 radical (unpaired) electrons. The molecule has 1 aromatic heterocycles. The van der Waals surface area contributed by atoms with E-state index in [1.54, 1.807) is 12.3 Å². The van der Waals surface area contributed by atoms with Gasteiger partial charge in [0.05, 0.1) is 17.6 Å². The lowest BCUT2D eigenvalue weighted by atomic mass is 10.0. The summed E-state index contributed by atoms with van der Waals surface area (Å²) >= 11 is 3.26. The topological polar surface area (TPSA) is 71.1 Å². The number of piperidine rings is 1. The Bertz CT molecular complexity index is 501. The summed E-state index contributed by atoms with van der Waals surface area (Å²) in [6, 6.07) is 1.70. The summed E-state index contributed by atoms with van der Waals surface area (Å²) in [5.41, 5.74) is 0.494. The van der Waals surface area contributed by atoms with Crippen molar-refractivity contribution in [3.8, 4) is 0 Å². The summed E-state index contributed by atoms with van der Waals surface area (Å²) in [5, 5.41) is 3.22. The van der Waals surface area contributed by atoms with Crippen LogP contribution in [-0.2, 0) is 10.0 Å². The first-order valence-electron chi connectivity index (χ1n) is 5.87. The molecular weight excluding hydrogens is 318 g/mol. The number of anilines is 1. The minimum Gasteiger partial charge on any atom is -0.316 e. The molecule has 1 atom stereocenters. The first-order valence-corrected chi connectivity index (χ1v) is 8.31. The van der Waals surface area contributed by atoms with Gasteiger partial charge in [-0.2, -0.15) is 0 Å². The van der Waals surface area contributed by atoms with Crippen LogP contribution in [0.2, 0.25) is 0 Å². The van der Waals surface area contributed by atoms with Crippen LogP contribution in [0.5, 0.6) is 0 Å². The third kappa shape index (κ3) is 4.22. The van der Waals surface area contributed by atoms with Gasteiger partial charge in [-0.1, -0.05) is 0 Å². The van der Waals surface area contributed by atoms with Gasteiger partial charge in [0.15, 0.2) is 0 Å². The van der Waals surface area contributed by atoms with E-state index in [2.05, 4.69) is 31.0 Å². The summed E-state index contributed by atoms with van der Waals surface area (Å²) in [4.78, 5) is 3.93. The second-order valence-electron chi connectivity index (χ2n) is 4.49. The number of halogens is 1. The molecule has 0 amide bonds. The van der Waals surface area contributed by atoms with Crippen LogP contribution in [0.25, 0.3) is 0 Å². The molecule has 1 fully saturated rings. The highest BCUT2D eigenvalue weighted by molar-refractivity contribution is 9.10. The second kappa shape index (κ2) is 5.99. The Balaban J connectivity index is 1.98. The molecule has 5 nitrogen and oxygen atoms in total. The predicted octanol–water partition coefficient (Wildman–Crippen LogP) is 1.59. The summed E-state index contributed by atoms with van der Waals surface area (Å²) in [7, 11) is -3.30. The van der Waals surface area contributed by atoms with E-state index in [0.717, 1.165) is 30.4 Å². The number of rotatable bonds is 4. The van der Waals surface area contributed by atoms with E-state index in [1.165, 1.54) is 6.20 Å². The molecule has 100 valence electrons. The van der Waals surface area contributed by atoms with E-state index in [1.807, 2.05) is 0 Å². The molecular formula is C11H16BrN3O2S. The Kier molecular flexibility index (Phi) is 4.58. The molecule has 0 aliphatic carbocycles. The van der Waals surface area contributed by atoms with Crippen molar-refractivity contribution in [1.82, 2.24) is 10.3 Å². The highest BCUT2D eigenvalue weighted by atomic mass is 79.9. The number of hydrogen-bond donors (Lipinski definition) is 2. The molecule has 1 aliphatic rings. The molecule has 1 aromatic rings. The average Bonchev–Trinajstić information content (AvgIpc) is 2.28. The summed E-state index contributed by atoms with van der Waals surface area (Å²) in [6.07, 6.45) is 5.12. The lowest BCUT2D eigenvalue weighted by molar-refractivity contribution is 0.404. The molecule has 2 rings (SSSR count). The van der Waals surface area contributed by atoms with E-state index in [4.69, 9.17) is 0 Å². The number of nitrogens with one attached hydrogen (secondary N) is 2. The van der Waals surface area contributed by atoms with Crippen molar-refractivity contribution in [2.75, 3.05) is 23.6 Å². The summed E-state index contributed by atoms with van der Waals surface area (Å²) < 4.78 is 27.3. The molecule has 1 unspecified atom stereocenters. The maximum absolute atomic E-state index is 12.0. The first-order chi connectivity index (χ1) is 8.55. The fourth-order valence-electron chi connectivity index (χ4n) is 2.07. The molecule has 0 spiro atoms. The zero-order chi connectivity index (χ0) is 13.0. The van der Waals surface area contributed by atoms with Crippen molar-refractivity contribution in [3.05, 3.63) is 22.9 Å². The number of sulfonamides is 1. The molecule has 18 heavy (non-hydrogen) atoms. The second-order valence-corrected chi connectivity index (χ2v) is 7.17. The fourth-order valence-corrected chi connectivity index (χ4v) is 3.89. The van der Waals surface area contributed by atoms with Gasteiger partial charge in [-0.25, -0.2) is 8.42 Å². The molecule has 0 saturated carbocycles. The third-order valence-corrected chi connectivity index (χ3v) is 4.72. The zero-order valence-electron chi connectivity index (χ0n) is 9.89.